The van der Waals surface area contributed by atoms with E-state index in [0.29, 0.717) is 48.7 Å². The summed E-state index contributed by atoms with van der Waals surface area (Å²) in [6.07, 6.45) is 0.845. The van der Waals surface area contributed by atoms with E-state index in [9.17, 15) is 9.18 Å². The van der Waals surface area contributed by atoms with Crippen molar-refractivity contribution in [2.75, 3.05) is 26.3 Å². The topological polar surface area (TPSA) is 38.8 Å². The maximum atomic E-state index is 14.4. The fourth-order valence-electron chi connectivity index (χ4n) is 2.92. The van der Waals surface area contributed by atoms with Crippen molar-refractivity contribution in [1.82, 2.24) is 4.90 Å². The second-order valence-electron chi connectivity index (χ2n) is 7.34. The van der Waals surface area contributed by atoms with Gasteiger partial charge in [0.1, 0.15) is 17.2 Å². The number of ether oxygens (including phenoxy) is 2. The molecule has 2 aromatic rings. The van der Waals surface area contributed by atoms with Gasteiger partial charge in [-0.1, -0.05) is 19.1 Å². The number of morpholine rings is 1. The molecule has 2 aromatic carbocycles. The van der Waals surface area contributed by atoms with Crippen LogP contribution < -0.4 is 4.74 Å². The number of amides is 1. The largest absolute Gasteiger partial charge is 0.488 e. The molecule has 0 unspecified atom stereocenters. The van der Waals surface area contributed by atoms with E-state index < -0.39 is 0 Å². The van der Waals surface area contributed by atoms with Gasteiger partial charge in [0.2, 0.25) is 0 Å². The Hall–Kier alpha value is -2.40. The van der Waals surface area contributed by atoms with Crippen LogP contribution in [-0.4, -0.2) is 42.7 Å². The van der Waals surface area contributed by atoms with Gasteiger partial charge in [-0.25, -0.2) is 4.39 Å². The Kier molecular flexibility index (Phi) is 5.80. The second kappa shape index (κ2) is 8.09. The first-order valence-corrected chi connectivity index (χ1v) is 9.35. The minimum absolute atomic E-state index is 0.0212. The number of hydrogen-bond donors (Lipinski definition) is 0. The lowest BCUT2D eigenvalue weighted by Crippen LogP contribution is -2.40. The van der Waals surface area contributed by atoms with Crippen molar-refractivity contribution in [2.24, 2.45) is 0 Å². The minimum atomic E-state index is -0.316. The van der Waals surface area contributed by atoms with Crippen molar-refractivity contribution >= 4 is 5.91 Å². The molecule has 4 nitrogen and oxygen atoms in total. The number of carbonyl (C=O) groups is 1. The Morgan fingerprint density at radius 1 is 1.15 bits per heavy atom. The SMILES string of the molecule is CCC(C)(C)Oc1ccc(F)c(-c2ccc(C(=O)N3CCOCC3)cc2)c1. The molecule has 27 heavy (non-hydrogen) atoms. The van der Waals surface area contributed by atoms with Crippen molar-refractivity contribution in [2.45, 2.75) is 32.8 Å². The van der Waals surface area contributed by atoms with Crippen LogP contribution in [-0.2, 0) is 4.74 Å². The first-order valence-electron chi connectivity index (χ1n) is 9.35. The van der Waals surface area contributed by atoms with Crippen LogP contribution in [0.4, 0.5) is 4.39 Å². The molecule has 1 heterocycles. The van der Waals surface area contributed by atoms with Gasteiger partial charge in [0.25, 0.3) is 5.91 Å². The highest BCUT2D eigenvalue weighted by Crippen LogP contribution is 2.30. The molecule has 0 bridgehead atoms. The summed E-state index contributed by atoms with van der Waals surface area (Å²) >= 11 is 0. The van der Waals surface area contributed by atoms with Crippen molar-refractivity contribution in [3.63, 3.8) is 0 Å². The van der Waals surface area contributed by atoms with Crippen LogP contribution in [0.15, 0.2) is 42.5 Å². The summed E-state index contributed by atoms with van der Waals surface area (Å²) in [6.45, 7) is 8.38. The third-order valence-corrected chi connectivity index (χ3v) is 4.92. The lowest BCUT2D eigenvalue weighted by molar-refractivity contribution is 0.0303. The van der Waals surface area contributed by atoms with Crippen molar-refractivity contribution in [1.29, 1.82) is 0 Å². The van der Waals surface area contributed by atoms with E-state index in [4.69, 9.17) is 9.47 Å². The van der Waals surface area contributed by atoms with E-state index >= 15 is 0 Å². The normalized spacial score (nSPS) is 14.9. The zero-order valence-corrected chi connectivity index (χ0v) is 16.1. The van der Waals surface area contributed by atoms with Gasteiger partial charge in [-0.2, -0.15) is 0 Å². The molecule has 1 amide bonds. The van der Waals surface area contributed by atoms with Gasteiger partial charge in [0.15, 0.2) is 0 Å². The van der Waals surface area contributed by atoms with Crippen LogP contribution in [0.1, 0.15) is 37.6 Å². The molecule has 3 rings (SSSR count). The number of hydrogen-bond acceptors (Lipinski definition) is 3. The van der Waals surface area contributed by atoms with E-state index in [-0.39, 0.29) is 17.3 Å². The standard InChI is InChI=1S/C22H26FNO3/c1-4-22(2,3)27-18-9-10-20(23)19(15-18)16-5-7-17(8-6-16)21(25)24-11-13-26-14-12-24/h5-10,15H,4,11-14H2,1-3H3. The number of nitrogens with zero attached hydrogens (tertiary/aromatic N) is 1. The molecule has 0 saturated carbocycles. The molecular formula is C22H26FNO3. The monoisotopic (exact) mass is 371 g/mol. The second-order valence-corrected chi connectivity index (χ2v) is 7.34. The van der Waals surface area contributed by atoms with Crippen molar-refractivity contribution in [3.8, 4) is 16.9 Å². The van der Waals surface area contributed by atoms with Crippen LogP contribution in [0.5, 0.6) is 5.75 Å². The highest BCUT2D eigenvalue weighted by molar-refractivity contribution is 5.94. The molecule has 1 fully saturated rings. The van der Waals surface area contributed by atoms with Crippen LogP contribution in [0, 0.1) is 5.82 Å². The van der Waals surface area contributed by atoms with E-state index in [2.05, 4.69) is 6.92 Å². The van der Waals surface area contributed by atoms with Gasteiger partial charge in [-0.3, -0.25) is 4.79 Å². The molecule has 0 atom stereocenters. The molecule has 0 spiro atoms. The molecule has 0 aliphatic carbocycles. The highest BCUT2D eigenvalue weighted by Gasteiger charge is 2.20. The summed E-state index contributed by atoms with van der Waals surface area (Å²) in [5.41, 5.74) is 1.46. The molecular weight excluding hydrogens is 345 g/mol. The van der Waals surface area contributed by atoms with Crippen LogP contribution >= 0.6 is 0 Å². The molecule has 0 N–H and O–H groups in total. The zero-order valence-electron chi connectivity index (χ0n) is 16.1. The molecule has 144 valence electrons. The van der Waals surface area contributed by atoms with E-state index in [1.54, 1.807) is 41.3 Å². The molecule has 0 radical (unpaired) electrons. The third kappa shape index (κ3) is 4.66. The Balaban J connectivity index is 1.81. The van der Waals surface area contributed by atoms with Crippen molar-refractivity contribution < 1.29 is 18.7 Å². The molecule has 1 aliphatic heterocycles. The van der Waals surface area contributed by atoms with Crippen molar-refractivity contribution in [3.05, 3.63) is 53.8 Å². The molecule has 1 aliphatic rings. The van der Waals surface area contributed by atoms with Crippen LogP contribution in [0.2, 0.25) is 0 Å². The first kappa shape index (κ1) is 19.4. The van der Waals surface area contributed by atoms with Gasteiger partial charge in [-0.15, -0.1) is 0 Å². The Bertz CT molecular complexity index is 796. The van der Waals surface area contributed by atoms with Gasteiger partial charge in [0, 0.05) is 24.2 Å². The Morgan fingerprint density at radius 3 is 2.44 bits per heavy atom. The summed E-state index contributed by atoms with van der Waals surface area (Å²) in [5.74, 6) is 0.294. The fourth-order valence-corrected chi connectivity index (χ4v) is 2.92. The number of carbonyl (C=O) groups excluding carboxylic acids is 1. The average Bonchev–Trinajstić information content (AvgIpc) is 2.69. The van der Waals surface area contributed by atoms with Gasteiger partial charge in [0.05, 0.1) is 13.2 Å². The molecule has 0 aromatic heterocycles. The van der Waals surface area contributed by atoms with Crippen LogP contribution in [0.3, 0.4) is 0 Å². The van der Waals surface area contributed by atoms with Gasteiger partial charge >= 0.3 is 0 Å². The fraction of sp³-hybridized carbons (Fsp3) is 0.409. The summed E-state index contributed by atoms with van der Waals surface area (Å²) in [7, 11) is 0. The maximum Gasteiger partial charge on any atom is 0.254 e. The van der Waals surface area contributed by atoms with Crippen LogP contribution in [0.25, 0.3) is 11.1 Å². The van der Waals surface area contributed by atoms with Gasteiger partial charge in [-0.05, 0) is 56.2 Å². The highest BCUT2D eigenvalue weighted by atomic mass is 19.1. The predicted octanol–water partition coefficient (Wildman–Crippen LogP) is 4.53. The summed E-state index contributed by atoms with van der Waals surface area (Å²) < 4.78 is 25.6. The lowest BCUT2D eigenvalue weighted by atomic mass is 10.0. The Labute approximate surface area is 159 Å². The zero-order chi connectivity index (χ0) is 19.4. The first-order chi connectivity index (χ1) is 12.9. The summed E-state index contributed by atoms with van der Waals surface area (Å²) in [6, 6.07) is 11.8. The smallest absolute Gasteiger partial charge is 0.254 e. The van der Waals surface area contributed by atoms with E-state index in [1.165, 1.54) is 6.07 Å². The quantitative estimate of drug-likeness (QED) is 0.775. The molecule has 5 heteroatoms. The minimum Gasteiger partial charge on any atom is -0.488 e. The summed E-state index contributed by atoms with van der Waals surface area (Å²) in [4.78, 5) is 14.3. The molecule has 1 saturated heterocycles. The predicted molar refractivity (Wildman–Crippen MR) is 104 cm³/mol. The third-order valence-electron chi connectivity index (χ3n) is 4.92. The average molecular weight is 371 g/mol. The number of rotatable bonds is 5. The maximum absolute atomic E-state index is 14.4. The summed E-state index contributed by atoms with van der Waals surface area (Å²) in [5, 5.41) is 0. The number of benzene rings is 2. The van der Waals surface area contributed by atoms with E-state index in [1.807, 2.05) is 13.8 Å². The number of halogens is 1. The Morgan fingerprint density at radius 2 is 1.81 bits per heavy atom. The lowest BCUT2D eigenvalue weighted by Gasteiger charge is -2.27. The van der Waals surface area contributed by atoms with Gasteiger partial charge < -0.3 is 14.4 Å². The van der Waals surface area contributed by atoms with E-state index in [0.717, 1.165) is 6.42 Å².